The maximum Gasteiger partial charge on any atom is 0.254 e. The van der Waals surface area contributed by atoms with Gasteiger partial charge in [-0.05, 0) is 49.1 Å². The summed E-state index contributed by atoms with van der Waals surface area (Å²) in [6, 6.07) is 3.63. The molecule has 3 unspecified atom stereocenters. The summed E-state index contributed by atoms with van der Waals surface area (Å²) < 4.78 is 11.2. The van der Waals surface area contributed by atoms with Crippen molar-refractivity contribution in [3.63, 3.8) is 0 Å². The van der Waals surface area contributed by atoms with Crippen LogP contribution in [-0.2, 0) is 0 Å². The molecule has 1 aromatic carbocycles. The number of likely N-dealkylation sites (tertiary alicyclic amines) is 1. The van der Waals surface area contributed by atoms with E-state index in [2.05, 4.69) is 13.8 Å². The van der Waals surface area contributed by atoms with Crippen molar-refractivity contribution in [2.75, 3.05) is 26.8 Å². The molecule has 0 aromatic heterocycles. The second kappa shape index (κ2) is 9.35. The molecule has 2 aliphatic rings. The highest BCUT2D eigenvalue weighted by atomic mass is 35.5. The monoisotopic (exact) mass is 416 g/mol. The van der Waals surface area contributed by atoms with Crippen LogP contribution in [0, 0.1) is 17.8 Å². The Morgan fingerprint density at radius 1 is 1.33 bits per heavy atom. The van der Waals surface area contributed by atoms with E-state index in [0.29, 0.717) is 46.4 Å². The molecule has 5 nitrogen and oxygen atoms in total. The topological polar surface area (TPSA) is 64.8 Å². The molecule has 1 amide bonds. The number of benzene rings is 1. The molecule has 2 N–H and O–H groups in total. The maximum atomic E-state index is 12.9. The first-order chi connectivity index (χ1) is 12.4. The Bertz CT molecular complexity index is 669. The number of methoxy groups -OCH3 is 1. The Hall–Kier alpha value is -1.17. The number of carbonyl (C=O) groups excluding carboxylic acids is 1. The van der Waals surface area contributed by atoms with Crippen LogP contribution >= 0.6 is 24.0 Å². The van der Waals surface area contributed by atoms with E-state index in [1.165, 1.54) is 0 Å². The van der Waals surface area contributed by atoms with Crippen molar-refractivity contribution in [2.45, 2.75) is 39.2 Å². The van der Waals surface area contributed by atoms with Gasteiger partial charge in [-0.2, -0.15) is 0 Å². The Kier molecular flexibility index (Phi) is 7.66. The summed E-state index contributed by atoms with van der Waals surface area (Å²) in [5.41, 5.74) is 6.72. The fourth-order valence-corrected chi connectivity index (χ4v) is 4.30. The SMILES string of the molecule is COc1cc(C(=O)N2CC3CCC(N)C3C2)cc(Cl)c1OCCC(C)C.Cl. The second-order valence-corrected chi connectivity index (χ2v) is 8.30. The van der Waals surface area contributed by atoms with Gasteiger partial charge < -0.3 is 20.1 Å². The average molecular weight is 417 g/mol. The average Bonchev–Trinajstić information content (AvgIpc) is 3.17. The van der Waals surface area contributed by atoms with Crippen LogP contribution in [0.2, 0.25) is 5.02 Å². The van der Waals surface area contributed by atoms with Crippen LogP contribution in [0.5, 0.6) is 11.5 Å². The lowest BCUT2D eigenvalue weighted by atomic mass is 9.98. The lowest BCUT2D eigenvalue weighted by molar-refractivity contribution is 0.0779. The third kappa shape index (κ3) is 4.82. The van der Waals surface area contributed by atoms with E-state index >= 15 is 0 Å². The number of carbonyl (C=O) groups is 1. The predicted octanol–water partition coefficient (Wildman–Crippen LogP) is 4.00. The number of ether oxygens (including phenoxy) is 2. The number of amides is 1. The standard InChI is InChI=1S/C20H29ClN2O3.ClH/c1-12(2)6-7-26-19-16(21)8-14(9-18(19)25-3)20(24)23-10-13-4-5-17(22)15(13)11-23;/h8-9,12-13,15,17H,4-7,10-11,22H2,1-3H3;1H. The lowest BCUT2D eigenvalue weighted by Gasteiger charge is -2.20. The highest BCUT2D eigenvalue weighted by molar-refractivity contribution is 6.32. The lowest BCUT2D eigenvalue weighted by Crippen LogP contribution is -2.33. The zero-order valence-corrected chi connectivity index (χ0v) is 17.8. The summed E-state index contributed by atoms with van der Waals surface area (Å²) in [5, 5.41) is 0.410. The first-order valence-electron chi connectivity index (χ1n) is 9.45. The molecule has 0 bridgehead atoms. The molecular formula is C20H30Cl2N2O3. The molecule has 0 spiro atoms. The van der Waals surface area contributed by atoms with E-state index in [1.807, 2.05) is 4.90 Å². The normalized spacial score (nSPS) is 23.9. The van der Waals surface area contributed by atoms with Gasteiger partial charge in [-0.3, -0.25) is 4.79 Å². The van der Waals surface area contributed by atoms with Gasteiger partial charge in [0, 0.05) is 24.7 Å². The molecule has 1 aliphatic heterocycles. The number of hydrogen-bond donors (Lipinski definition) is 1. The molecule has 1 heterocycles. The molecule has 1 aliphatic carbocycles. The molecule has 0 radical (unpaired) electrons. The molecule has 1 aromatic rings. The summed E-state index contributed by atoms with van der Waals surface area (Å²) in [5.74, 6) is 2.49. The molecule has 7 heteroatoms. The van der Waals surface area contributed by atoms with Crippen molar-refractivity contribution >= 4 is 29.9 Å². The number of halogens is 2. The van der Waals surface area contributed by atoms with Crippen LogP contribution in [0.3, 0.4) is 0 Å². The third-order valence-corrected chi connectivity index (χ3v) is 5.90. The third-order valence-electron chi connectivity index (χ3n) is 5.62. The highest BCUT2D eigenvalue weighted by Gasteiger charge is 2.42. The zero-order valence-electron chi connectivity index (χ0n) is 16.2. The molecule has 152 valence electrons. The number of nitrogens with two attached hydrogens (primary N) is 1. The van der Waals surface area contributed by atoms with Crippen molar-refractivity contribution in [3.8, 4) is 11.5 Å². The van der Waals surface area contributed by atoms with Crippen LogP contribution < -0.4 is 15.2 Å². The quantitative estimate of drug-likeness (QED) is 0.760. The maximum absolute atomic E-state index is 12.9. The number of rotatable bonds is 6. The highest BCUT2D eigenvalue weighted by Crippen LogP contribution is 2.40. The number of fused-ring (bicyclic) bond motifs is 1. The van der Waals surface area contributed by atoms with E-state index in [-0.39, 0.29) is 24.4 Å². The minimum atomic E-state index is -0.0134. The fourth-order valence-electron chi connectivity index (χ4n) is 4.04. The molecule has 2 fully saturated rings. The minimum absolute atomic E-state index is 0. The van der Waals surface area contributed by atoms with E-state index in [0.717, 1.165) is 32.4 Å². The largest absolute Gasteiger partial charge is 0.493 e. The van der Waals surface area contributed by atoms with Crippen molar-refractivity contribution in [1.82, 2.24) is 4.90 Å². The smallest absolute Gasteiger partial charge is 0.254 e. The zero-order chi connectivity index (χ0) is 18.8. The fraction of sp³-hybridized carbons (Fsp3) is 0.650. The first-order valence-corrected chi connectivity index (χ1v) is 9.83. The van der Waals surface area contributed by atoms with Crippen LogP contribution in [0.1, 0.15) is 43.5 Å². The van der Waals surface area contributed by atoms with Gasteiger partial charge in [-0.1, -0.05) is 25.4 Å². The van der Waals surface area contributed by atoms with Gasteiger partial charge in [0.25, 0.3) is 5.91 Å². The summed E-state index contributed by atoms with van der Waals surface area (Å²) in [6.45, 7) is 6.36. The van der Waals surface area contributed by atoms with Crippen molar-refractivity contribution in [2.24, 2.45) is 23.5 Å². The predicted molar refractivity (Wildman–Crippen MR) is 110 cm³/mol. The van der Waals surface area contributed by atoms with Gasteiger partial charge in [0.2, 0.25) is 0 Å². The number of nitrogens with zero attached hydrogens (tertiary/aromatic N) is 1. The molecular weight excluding hydrogens is 387 g/mol. The Balaban J connectivity index is 0.00000261. The minimum Gasteiger partial charge on any atom is -0.493 e. The Morgan fingerprint density at radius 3 is 2.70 bits per heavy atom. The number of hydrogen-bond acceptors (Lipinski definition) is 4. The molecule has 27 heavy (non-hydrogen) atoms. The van der Waals surface area contributed by atoms with E-state index in [9.17, 15) is 4.79 Å². The van der Waals surface area contributed by atoms with Gasteiger partial charge in [-0.15, -0.1) is 12.4 Å². The molecule has 3 atom stereocenters. The Labute approximate surface area is 172 Å². The molecule has 1 saturated heterocycles. The van der Waals surface area contributed by atoms with Gasteiger partial charge in [0.15, 0.2) is 11.5 Å². The van der Waals surface area contributed by atoms with E-state index in [4.69, 9.17) is 26.8 Å². The summed E-state index contributed by atoms with van der Waals surface area (Å²) >= 11 is 6.40. The van der Waals surface area contributed by atoms with E-state index < -0.39 is 0 Å². The first kappa shape index (κ1) is 22.1. The van der Waals surface area contributed by atoms with Crippen LogP contribution in [0.15, 0.2) is 12.1 Å². The molecule has 1 saturated carbocycles. The van der Waals surface area contributed by atoms with Gasteiger partial charge in [-0.25, -0.2) is 0 Å². The van der Waals surface area contributed by atoms with Crippen LogP contribution in [0.4, 0.5) is 0 Å². The van der Waals surface area contributed by atoms with Crippen molar-refractivity contribution in [1.29, 1.82) is 0 Å². The van der Waals surface area contributed by atoms with Crippen LogP contribution in [-0.4, -0.2) is 43.7 Å². The van der Waals surface area contributed by atoms with Crippen molar-refractivity contribution in [3.05, 3.63) is 22.7 Å². The summed E-state index contributed by atoms with van der Waals surface area (Å²) in [4.78, 5) is 14.9. The summed E-state index contributed by atoms with van der Waals surface area (Å²) in [7, 11) is 1.56. The van der Waals surface area contributed by atoms with Gasteiger partial charge in [0.05, 0.1) is 18.7 Å². The van der Waals surface area contributed by atoms with Crippen molar-refractivity contribution < 1.29 is 14.3 Å². The van der Waals surface area contributed by atoms with Gasteiger partial charge in [0.1, 0.15) is 0 Å². The summed E-state index contributed by atoms with van der Waals surface area (Å²) in [6.07, 6.45) is 3.11. The Morgan fingerprint density at radius 2 is 2.07 bits per heavy atom. The van der Waals surface area contributed by atoms with E-state index in [1.54, 1.807) is 19.2 Å². The second-order valence-electron chi connectivity index (χ2n) is 7.90. The molecule has 3 rings (SSSR count). The van der Waals surface area contributed by atoms with Crippen LogP contribution in [0.25, 0.3) is 0 Å². The van der Waals surface area contributed by atoms with Gasteiger partial charge >= 0.3 is 0 Å².